The molecule has 6 heteroatoms. The molecule has 1 aromatic carbocycles. The van der Waals surface area contributed by atoms with Crippen LogP contribution in [0.1, 0.15) is 46.2 Å². The summed E-state index contributed by atoms with van der Waals surface area (Å²) in [4.78, 5) is 19.4. The first-order valence-corrected chi connectivity index (χ1v) is 8.83. The summed E-state index contributed by atoms with van der Waals surface area (Å²) in [5, 5.41) is 5.72. The number of hydrogen-bond acceptors (Lipinski definition) is 3. The topological polar surface area (TPSA) is 51.0 Å². The highest BCUT2D eigenvalue weighted by Crippen LogP contribution is 2.37. The van der Waals surface area contributed by atoms with Gasteiger partial charge in [0.05, 0.1) is 11.7 Å². The summed E-state index contributed by atoms with van der Waals surface area (Å²) >= 11 is 0. The van der Waals surface area contributed by atoms with Crippen molar-refractivity contribution in [1.82, 2.24) is 19.7 Å². The second-order valence-electron chi connectivity index (χ2n) is 6.95. The summed E-state index contributed by atoms with van der Waals surface area (Å²) < 4.78 is 15.3. The zero-order valence-electron chi connectivity index (χ0n) is 15.2. The second kappa shape index (κ2) is 6.20. The summed E-state index contributed by atoms with van der Waals surface area (Å²) in [7, 11) is 1.88. The van der Waals surface area contributed by atoms with Crippen molar-refractivity contribution in [2.45, 2.75) is 32.7 Å². The lowest BCUT2D eigenvalue weighted by Gasteiger charge is -2.24. The van der Waals surface area contributed by atoms with Gasteiger partial charge < -0.3 is 4.90 Å². The average Bonchev–Trinajstić information content (AvgIpc) is 3.19. The van der Waals surface area contributed by atoms with E-state index >= 15 is 0 Å². The lowest BCUT2D eigenvalue weighted by atomic mass is 10.0. The van der Waals surface area contributed by atoms with E-state index in [1.807, 2.05) is 24.9 Å². The van der Waals surface area contributed by atoms with Crippen LogP contribution in [0.5, 0.6) is 0 Å². The normalized spacial score (nSPS) is 17.2. The maximum atomic E-state index is 13.5. The largest absolute Gasteiger partial charge is 0.330 e. The van der Waals surface area contributed by atoms with Crippen LogP contribution in [0.3, 0.4) is 0 Å². The van der Waals surface area contributed by atoms with E-state index in [0.717, 1.165) is 40.8 Å². The number of aromatic nitrogens is 3. The molecular formula is C20H21FN4O. The van der Waals surface area contributed by atoms with Crippen LogP contribution in [0.25, 0.3) is 11.0 Å². The number of amides is 1. The molecule has 134 valence electrons. The minimum atomic E-state index is -0.398. The Labute approximate surface area is 151 Å². The Morgan fingerprint density at radius 1 is 1.27 bits per heavy atom. The first-order chi connectivity index (χ1) is 12.5. The van der Waals surface area contributed by atoms with E-state index in [0.29, 0.717) is 12.1 Å². The molecule has 0 radical (unpaired) electrons. The van der Waals surface area contributed by atoms with E-state index in [9.17, 15) is 9.18 Å². The first kappa shape index (κ1) is 16.7. The zero-order valence-corrected chi connectivity index (χ0v) is 15.2. The third-order valence-corrected chi connectivity index (χ3v) is 5.05. The molecule has 0 bridgehead atoms. The number of rotatable bonds is 2. The Balaban J connectivity index is 1.78. The molecular weight excluding hydrogens is 331 g/mol. The molecule has 3 heterocycles. The molecule has 1 unspecified atom stereocenters. The Kier molecular flexibility index (Phi) is 3.98. The maximum absolute atomic E-state index is 13.5. The van der Waals surface area contributed by atoms with Crippen molar-refractivity contribution in [3.05, 3.63) is 58.7 Å². The van der Waals surface area contributed by atoms with Crippen LogP contribution in [0, 0.1) is 19.7 Å². The number of aryl methyl sites for hydroxylation is 3. The molecule has 0 spiro atoms. The van der Waals surface area contributed by atoms with Gasteiger partial charge in [0, 0.05) is 30.2 Å². The summed E-state index contributed by atoms with van der Waals surface area (Å²) in [6.45, 7) is 4.67. The van der Waals surface area contributed by atoms with Crippen molar-refractivity contribution in [3.63, 3.8) is 0 Å². The number of benzene rings is 1. The van der Waals surface area contributed by atoms with Gasteiger partial charge in [-0.2, -0.15) is 5.10 Å². The van der Waals surface area contributed by atoms with E-state index in [-0.39, 0.29) is 11.9 Å². The Hall–Kier alpha value is -2.76. The van der Waals surface area contributed by atoms with Crippen molar-refractivity contribution >= 4 is 16.9 Å². The van der Waals surface area contributed by atoms with Crippen molar-refractivity contribution in [3.8, 4) is 0 Å². The number of likely N-dealkylation sites (tertiary alicyclic amines) is 1. The quantitative estimate of drug-likeness (QED) is 0.707. The molecule has 4 rings (SSSR count). The molecule has 3 aromatic rings. The number of carbonyl (C=O) groups is 1. The fourth-order valence-corrected chi connectivity index (χ4v) is 3.94. The van der Waals surface area contributed by atoms with Crippen LogP contribution >= 0.6 is 0 Å². The minimum absolute atomic E-state index is 0.113. The lowest BCUT2D eigenvalue weighted by molar-refractivity contribution is 0.0733. The van der Waals surface area contributed by atoms with Crippen LogP contribution in [-0.4, -0.2) is 32.1 Å². The fourth-order valence-electron chi connectivity index (χ4n) is 3.94. The molecule has 1 aliphatic rings. The molecule has 0 N–H and O–H groups in total. The molecule has 1 saturated heterocycles. The third-order valence-electron chi connectivity index (χ3n) is 5.05. The molecule has 0 saturated carbocycles. The van der Waals surface area contributed by atoms with Crippen LogP contribution in [-0.2, 0) is 7.05 Å². The number of carbonyl (C=O) groups excluding carboxylic acids is 1. The SMILES string of the molecule is Cc1cc(C)c2c(C3CCCN3C(=O)c3cccc(F)c3)nn(C)c2n1. The fraction of sp³-hybridized carbons (Fsp3) is 0.350. The smallest absolute Gasteiger partial charge is 0.254 e. The van der Waals surface area contributed by atoms with Gasteiger partial charge in [-0.1, -0.05) is 6.07 Å². The number of fused-ring (bicyclic) bond motifs is 1. The van der Waals surface area contributed by atoms with Gasteiger partial charge in [0.2, 0.25) is 0 Å². The van der Waals surface area contributed by atoms with E-state index in [1.165, 1.54) is 12.1 Å². The highest BCUT2D eigenvalue weighted by molar-refractivity contribution is 5.95. The molecule has 1 amide bonds. The van der Waals surface area contributed by atoms with Crippen LogP contribution in [0.15, 0.2) is 30.3 Å². The highest BCUT2D eigenvalue weighted by Gasteiger charge is 2.34. The molecule has 26 heavy (non-hydrogen) atoms. The number of hydrogen-bond donors (Lipinski definition) is 0. The Bertz CT molecular complexity index is 1010. The summed E-state index contributed by atoms with van der Waals surface area (Å²) in [6.07, 6.45) is 1.75. The van der Waals surface area contributed by atoms with Crippen molar-refractivity contribution in [2.75, 3.05) is 6.54 Å². The lowest BCUT2D eigenvalue weighted by Crippen LogP contribution is -2.31. The molecule has 5 nitrogen and oxygen atoms in total. The summed E-state index contributed by atoms with van der Waals surface area (Å²) in [5.74, 6) is -0.547. The van der Waals surface area contributed by atoms with Crippen LogP contribution in [0.2, 0.25) is 0 Å². The van der Waals surface area contributed by atoms with Gasteiger partial charge >= 0.3 is 0 Å². The highest BCUT2D eigenvalue weighted by atomic mass is 19.1. The monoisotopic (exact) mass is 352 g/mol. The maximum Gasteiger partial charge on any atom is 0.254 e. The Morgan fingerprint density at radius 2 is 2.08 bits per heavy atom. The number of nitrogens with zero attached hydrogens (tertiary/aromatic N) is 4. The van der Waals surface area contributed by atoms with E-state index < -0.39 is 5.82 Å². The van der Waals surface area contributed by atoms with E-state index in [1.54, 1.807) is 16.8 Å². The predicted octanol–water partition coefficient (Wildman–Crippen LogP) is 3.70. The molecule has 1 fully saturated rings. The van der Waals surface area contributed by atoms with E-state index in [4.69, 9.17) is 5.10 Å². The van der Waals surface area contributed by atoms with Gasteiger partial charge in [0.25, 0.3) is 5.91 Å². The van der Waals surface area contributed by atoms with E-state index in [2.05, 4.69) is 11.9 Å². The number of pyridine rings is 1. The van der Waals surface area contributed by atoms with Crippen LogP contribution < -0.4 is 0 Å². The van der Waals surface area contributed by atoms with Gasteiger partial charge in [-0.25, -0.2) is 9.37 Å². The van der Waals surface area contributed by atoms with Crippen LogP contribution in [0.4, 0.5) is 4.39 Å². The van der Waals surface area contributed by atoms with Gasteiger partial charge in [0.1, 0.15) is 5.82 Å². The zero-order chi connectivity index (χ0) is 18.4. The summed E-state index contributed by atoms with van der Waals surface area (Å²) in [6, 6.07) is 7.81. The minimum Gasteiger partial charge on any atom is -0.330 e. The molecule has 1 atom stereocenters. The van der Waals surface area contributed by atoms with Crippen molar-refractivity contribution < 1.29 is 9.18 Å². The molecule has 2 aromatic heterocycles. The van der Waals surface area contributed by atoms with Gasteiger partial charge in [-0.15, -0.1) is 0 Å². The average molecular weight is 352 g/mol. The third kappa shape index (κ3) is 2.66. The predicted molar refractivity (Wildman–Crippen MR) is 97.4 cm³/mol. The van der Waals surface area contributed by atoms with Crippen molar-refractivity contribution in [2.24, 2.45) is 7.05 Å². The standard InChI is InChI=1S/C20H21FN4O/c1-12-10-13(2)22-19-17(12)18(23-24(19)3)16-8-5-9-25(16)20(26)14-6-4-7-15(21)11-14/h4,6-7,10-11,16H,5,8-9H2,1-3H3. The van der Waals surface area contributed by atoms with Gasteiger partial charge in [-0.3, -0.25) is 9.48 Å². The Morgan fingerprint density at radius 3 is 2.85 bits per heavy atom. The second-order valence-corrected chi connectivity index (χ2v) is 6.95. The first-order valence-electron chi connectivity index (χ1n) is 8.83. The van der Waals surface area contributed by atoms with Gasteiger partial charge in [-0.05, 0) is 56.5 Å². The summed E-state index contributed by atoms with van der Waals surface area (Å²) in [5.41, 5.74) is 4.16. The van der Waals surface area contributed by atoms with Crippen molar-refractivity contribution in [1.29, 1.82) is 0 Å². The van der Waals surface area contributed by atoms with Gasteiger partial charge in [0.15, 0.2) is 5.65 Å². The number of halogens is 1. The molecule has 0 aliphatic carbocycles. The molecule has 1 aliphatic heterocycles.